The van der Waals surface area contributed by atoms with Crippen LogP contribution in [0.4, 0.5) is 11.4 Å². The molecule has 146 valence electrons. The van der Waals surface area contributed by atoms with Crippen LogP contribution in [-0.2, 0) is 4.84 Å². The molecule has 0 fully saturated rings. The van der Waals surface area contributed by atoms with E-state index in [0.717, 1.165) is 9.64 Å². The molecule has 9 heteroatoms. The minimum Gasteiger partial charge on any atom is -0.508 e. The fourth-order valence-corrected chi connectivity index (χ4v) is 2.87. The van der Waals surface area contributed by atoms with Gasteiger partial charge in [-0.05, 0) is 71.1 Å². The highest BCUT2D eigenvalue weighted by atomic mass is 127. The van der Waals surface area contributed by atoms with Gasteiger partial charge in [-0.1, -0.05) is 12.1 Å². The Hall–Kier alpha value is -3.47. The molecule has 0 aliphatic carbocycles. The van der Waals surface area contributed by atoms with Crippen LogP contribution < -0.4 is 5.48 Å². The highest BCUT2D eigenvalue weighted by Crippen LogP contribution is 2.22. The lowest BCUT2D eigenvalue weighted by Gasteiger charge is -2.07. The first-order valence-electron chi connectivity index (χ1n) is 8.23. The van der Waals surface area contributed by atoms with E-state index in [1.807, 2.05) is 28.7 Å². The average molecular weight is 503 g/mol. The third-order valence-electron chi connectivity index (χ3n) is 3.63. The second-order valence-electron chi connectivity index (χ2n) is 5.76. The summed E-state index contributed by atoms with van der Waals surface area (Å²) in [7, 11) is 0. The number of nitrogens with zero attached hydrogens (tertiary/aromatic N) is 2. The maximum Gasteiger partial charge on any atom is 0.363 e. The molecule has 3 rings (SSSR count). The summed E-state index contributed by atoms with van der Waals surface area (Å²) in [4.78, 5) is 29.1. The van der Waals surface area contributed by atoms with E-state index >= 15 is 0 Å². The molecule has 0 unspecified atom stereocenters. The Kier molecular flexibility index (Phi) is 6.39. The smallest absolute Gasteiger partial charge is 0.363 e. The van der Waals surface area contributed by atoms with Gasteiger partial charge in [0.05, 0.1) is 22.5 Å². The van der Waals surface area contributed by atoms with Crippen molar-refractivity contribution in [3.05, 3.63) is 81.4 Å². The SMILES string of the molecule is O=C(N=Nc1ccc(NOC(=O)c2ccccc2I)cc1)c1cc(O)cc(O)c1. The Bertz CT molecular complexity index is 1060. The summed E-state index contributed by atoms with van der Waals surface area (Å²) in [6.07, 6.45) is 0. The van der Waals surface area contributed by atoms with Gasteiger partial charge in [-0.2, -0.15) is 0 Å². The van der Waals surface area contributed by atoms with Crippen molar-refractivity contribution in [2.75, 3.05) is 5.48 Å². The van der Waals surface area contributed by atoms with E-state index in [-0.39, 0.29) is 17.1 Å². The first kappa shape index (κ1) is 20.3. The Labute approximate surface area is 179 Å². The standard InChI is InChI=1S/C20H14IN3O5/c21-18-4-2-1-3-17(18)20(28)29-24-14-7-5-13(6-8-14)22-23-19(27)12-9-15(25)11-16(26)10-12/h1-11,24-26H. The van der Waals surface area contributed by atoms with Crippen LogP contribution in [0.2, 0.25) is 0 Å². The van der Waals surface area contributed by atoms with Gasteiger partial charge in [0.2, 0.25) is 0 Å². The second-order valence-corrected chi connectivity index (χ2v) is 6.92. The van der Waals surface area contributed by atoms with Crippen molar-refractivity contribution in [1.82, 2.24) is 0 Å². The van der Waals surface area contributed by atoms with Crippen LogP contribution in [0.3, 0.4) is 0 Å². The number of benzene rings is 3. The van der Waals surface area contributed by atoms with Crippen LogP contribution in [0.15, 0.2) is 77.0 Å². The summed E-state index contributed by atoms with van der Waals surface area (Å²) in [5.74, 6) is -1.74. The van der Waals surface area contributed by atoms with E-state index in [9.17, 15) is 19.8 Å². The number of carbonyl (C=O) groups is 2. The van der Waals surface area contributed by atoms with Crippen LogP contribution in [0.1, 0.15) is 20.7 Å². The molecule has 3 aromatic rings. The third-order valence-corrected chi connectivity index (χ3v) is 4.57. The molecule has 0 saturated heterocycles. The predicted octanol–water partition coefficient (Wildman–Crippen LogP) is 4.81. The number of hydrogen-bond donors (Lipinski definition) is 3. The lowest BCUT2D eigenvalue weighted by atomic mass is 10.2. The van der Waals surface area contributed by atoms with Crippen LogP contribution in [0, 0.1) is 3.57 Å². The number of anilines is 1. The lowest BCUT2D eigenvalue weighted by molar-refractivity contribution is 0.0595. The van der Waals surface area contributed by atoms with Gasteiger partial charge in [0, 0.05) is 9.64 Å². The van der Waals surface area contributed by atoms with Gasteiger partial charge in [0.1, 0.15) is 11.5 Å². The molecule has 29 heavy (non-hydrogen) atoms. The van der Waals surface area contributed by atoms with Crippen molar-refractivity contribution in [2.45, 2.75) is 0 Å². The quantitative estimate of drug-likeness (QED) is 0.261. The number of rotatable bonds is 5. The molecule has 0 atom stereocenters. The number of halogens is 1. The zero-order valence-corrected chi connectivity index (χ0v) is 16.9. The third kappa shape index (κ3) is 5.51. The van der Waals surface area contributed by atoms with Gasteiger partial charge in [0.15, 0.2) is 0 Å². The predicted molar refractivity (Wildman–Crippen MR) is 113 cm³/mol. The van der Waals surface area contributed by atoms with Gasteiger partial charge < -0.3 is 15.1 Å². The summed E-state index contributed by atoms with van der Waals surface area (Å²) in [5.41, 5.74) is 3.90. The fourth-order valence-electron chi connectivity index (χ4n) is 2.26. The maximum absolute atomic E-state index is 12.1. The van der Waals surface area contributed by atoms with E-state index in [0.29, 0.717) is 16.9 Å². The van der Waals surface area contributed by atoms with E-state index < -0.39 is 11.9 Å². The molecule has 0 radical (unpaired) electrons. The van der Waals surface area contributed by atoms with Crippen molar-refractivity contribution >= 4 is 45.8 Å². The molecule has 0 aromatic heterocycles. The van der Waals surface area contributed by atoms with Crippen LogP contribution in [-0.4, -0.2) is 22.1 Å². The molecule has 0 aliphatic rings. The number of phenols is 2. The molecule has 3 N–H and O–H groups in total. The second kappa shape index (κ2) is 9.15. The maximum atomic E-state index is 12.1. The fraction of sp³-hybridized carbons (Fsp3) is 0. The molecule has 0 saturated carbocycles. The Morgan fingerprint density at radius 2 is 1.59 bits per heavy atom. The summed E-state index contributed by atoms with van der Waals surface area (Å²) in [5, 5.41) is 26.2. The molecule has 0 spiro atoms. The minimum atomic E-state index is -0.718. The van der Waals surface area contributed by atoms with Gasteiger partial charge >= 0.3 is 5.97 Å². The van der Waals surface area contributed by atoms with Crippen LogP contribution in [0.25, 0.3) is 0 Å². The van der Waals surface area contributed by atoms with Gasteiger partial charge in [-0.3, -0.25) is 4.79 Å². The number of amides is 1. The first-order valence-corrected chi connectivity index (χ1v) is 9.31. The van der Waals surface area contributed by atoms with Crippen molar-refractivity contribution in [2.24, 2.45) is 10.2 Å². The summed E-state index contributed by atoms with van der Waals surface area (Å²) < 4.78 is 0.775. The number of carbonyl (C=O) groups excluding carboxylic acids is 2. The topological polar surface area (TPSA) is 121 Å². The molecule has 0 bridgehead atoms. The van der Waals surface area contributed by atoms with E-state index in [2.05, 4.69) is 15.7 Å². The summed E-state index contributed by atoms with van der Waals surface area (Å²) in [6.45, 7) is 0. The molecule has 1 amide bonds. The van der Waals surface area contributed by atoms with Crippen LogP contribution in [0.5, 0.6) is 11.5 Å². The average Bonchev–Trinajstić information content (AvgIpc) is 2.70. The number of azo groups is 1. The van der Waals surface area contributed by atoms with Crippen molar-refractivity contribution < 1.29 is 24.6 Å². The van der Waals surface area contributed by atoms with Crippen molar-refractivity contribution in [3.8, 4) is 11.5 Å². The van der Waals surface area contributed by atoms with Gasteiger partial charge in [0.25, 0.3) is 5.91 Å². The largest absolute Gasteiger partial charge is 0.508 e. The minimum absolute atomic E-state index is 0.00648. The Morgan fingerprint density at radius 1 is 0.931 bits per heavy atom. The van der Waals surface area contributed by atoms with Gasteiger partial charge in [-0.15, -0.1) is 10.2 Å². The number of aromatic hydroxyl groups is 2. The summed E-state index contributed by atoms with van der Waals surface area (Å²) in [6, 6.07) is 16.8. The molecular formula is C20H14IN3O5. The monoisotopic (exact) mass is 503 g/mol. The number of phenolic OH excluding ortho intramolecular Hbond substituents is 2. The Balaban J connectivity index is 1.60. The zero-order chi connectivity index (χ0) is 20.8. The molecule has 0 aliphatic heterocycles. The molecule has 3 aromatic carbocycles. The number of nitrogens with one attached hydrogen (secondary N) is 1. The van der Waals surface area contributed by atoms with E-state index in [4.69, 9.17) is 4.84 Å². The molecule has 8 nitrogen and oxygen atoms in total. The first-order chi connectivity index (χ1) is 13.9. The molecule has 0 heterocycles. The lowest BCUT2D eigenvalue weighted by Crippen LogP contribution is -2.11. The number of hydrogen-bond acceptors (Lipinski definition) is 7. The van der Waals surface area contributed by atoms with Crippen molar-refractivity contribution in [1.29, 1.82) is 0 Å². The highest BCUT2D eigenvalue weighted by molar-refractivity contribution is 14.1. The zero-order valence-electron chi connectivity index (χ0n) is 14.7. The van der Waals surface area contributed by atoms with Crippen molar-refractivity contribution in [3.63, 3.8) is 0 Å². The molecular weight excluding hydrogens is 489 g/mol. The van der Waals surface area contributed by atoms with Gasteiger partial charge in [-0.25, -0.2) is 10.3 Å². The normalized spacial score (nSPS) is 10.7. The highest BCUT2D eigenvalue weighted by Gasteiger charge is 2.11. The van der Waals surface area contributed by atoms with E-state index in [1.54, 1.807) is 42.5 Å². The van der Waals surface area contributed by atoms with E-state index in [1.165, 1.54) is 12.1 Å². The summed E-state index contributed by atoms with van der Waals surface area (Å²) >= 11 is 2.05. The Morgan fingerprint density at radius 3 is 2.24 bits per heavy atom. The van der Waals surface area contributed by atoms with Crippen LogP contribution >= 0.6 is 22.6 Å².